The van der Waals surface area contributed by atoms with Gasteiger partial charge in [0.1, 0.15) is 5.54 Å². The Labute approximate surface area is 187 Å². The maximum atomic E-state index is 13.6. The summed E-state index contributed by atoms with van der Waals surface area (Å²) in [7, 11) is 0. The Morgan fingerprint density at radius 3 is 2.30 bits per heavy atom. The molecule has 178 valence electrons. The van der Waals surface area contributed by atoms with Gasteiger partial charge in [-0.2, -0.15) is 13.2 Å². The summed E-state index contributed by atoms with van der Waals surface area (Å²) in [6.45, 7) is 3.14. The third kappa shape index (κ3) is 5.17. The minimum Gasteiger partial charge on any atom is -0.479 e. The van der Waals surface area contributed by atoms with E-state index in [9.17, 15) is 36.6 Å². The van der Waals surface area contributed by atoms with Crippen LogP contribution in [0.15, 0.2) is 36.4 Å². The van der Waals surface area contributed by atoms with Crippen molar-refractivity contribution in [2.75, 3.05) is 0 Å². The number of benzene rings is 2. The molecule has 0 heterocycles. The van der Waals surface area contributed by atoms with Gasteiger partial charge in [-0.05, 0) is 66.5 Å². The summed E-state index contributed by atoms with van der Waals surface area (Å²) < 4.78 is 66.2. The van der Waals surface area contributed by atoms with Crippen molar-refractivity contribution < 1.29 is 36.6 Å². The van der Waals surface area contributed by atoms with E-state index in [0.29, 0.717) is 16.7 Å². The Morgan fingerprint density at radius 2 is 1.73 bits per heavy atom. The minimum atomic E-state index is -4.42. The van der Waals surface area contributed by atoms with Crippen LogP contribution >= 0.6 is 0 Å². The molecule has 1 unspecified atom stereocenters. The van der Waals surface area contributed by atoms with Gasteiger partial charge in [-0.3, -0.25) is 4.79 Å². The van der Waals surface area contributed by atoms with Crippen LogP contribution in [0.2, 0.25) is 0 Å². The maximum Gasteiger partial charge on any atom is 0.391 e. The van der Waals surface area contributed by atoms with Gasteiger partial charge in [0.05, 0.1) is 12.3 Å². The number of carboxylic acid groups (broad SMARTS) is 1. The average molecular weight is 469 g/mol. The summed E-state index contributed by atoms with van der Waals surface area (Å²) in [4.78, 5) is 24.8. The fourth-order valence-corrected chi connectivity index (χ4v) is 4.43. The predicted molar refractivity (Wildman–Crippen MR) is 111 cm³/mol. The van der Waals surface area contributed by atoms with Crippen LogP contribution < -0.4 is 5.32 Å². The van der Waals surface area contributed by atoms with Gasteiger partial charge in [0.2, 0.25) is 5.91 Å². The highest BCUT2D eigenvalue weighted by Crippen LogP contribution is 2.44. The van der Waals surface area contributed by atoms with Crippen molar-refractivity contribution in [1.29, 1.82) is 0 Å². The number of rotatable bonds is 5. The van der Waals surface area contributed by atoms with E-state index in [4.69, 9.17) is 0 Å². The highest BCUT2D eigenvalue weighted by Gasteiger charge is 2.53. The van der Waals surface area contributed by atoms with Gasteiger partial charge in [0.25, 0.3) is 0 Å². The molecule has 1 amide bonds. The van der Waals surface area contributed by atoms with Crippen LogP contribution in [0.4, 0.5) is 22.0 Å². The molecule has 2 aromatic rings. The van der Waals surface area contributed by atoms with Crippen LogP contribution in [-0.2, 0) is 16.0 Å². The SMILES string of the molecule is Cc1ccc(-c2ccc(F)c(F)c2)cc1CC(=O)N[C@@]1(C(=O)O)CCC(C(F)(F)F)C[C@@H]1C. The molecule has 0 aliphatic heterocycles. The number of carbonyl (C=O) groups is 2. The third-order valence-electron chi connectivity index (χ3n) is 6.53. The second-order valence-electron chi connectivity index (χ2n) is 8.69. The Hall–Kier alpha value is -2.97. The monoisotopic (exact) mass is 469 g/mol. The minimum absolute atomic E-state index is 0.214. The van der Waals surface area contributed by atoms with Gasteiger partial charge in [-0.15, -0.1) is 0 Å². The number of nitrogens with one attached hydrogen (secondary N) is 1. The molecule has 2 N–H and O–H groups in total. The van der Waals surface area contributed by atoms with E-state index in [1.54, 1.807) is 25.1 Å². The Bertz CT molecular complexity index is 1070. The number of amides is 1. The highest BCUT2D eigenvalue weighted by molar-refractivity contribution is 5.88. The lowest BCUT2D eigenvalue weighted by molar-refractivity contribution is -0.194. The van der Waals surface area contributed by atoms with Crippen LogP contribution in [-0.4, -0.2) is 28.7 Å². The van der Waals surface area contributed by atoms with Crippen molar-refractivity contribution in [3.63, 3.8) is 0 Å². The summed E-state index contributed by atoms with van der Waals surface area (Å²) in [5, 5.41) is 12.3. The summed E-state index contributed by atoms with van der Waals surface area (Å²) in [6, 6.07) is 8.42. The molecule has 2 aromatic carbocycles. The zero-order valence-corrected chi connectivity index (χ0v) is 18.1. The first-order valence-corrected chi connectivity index (χ1v) is 10.5. The zero-order chi connectivity index (χ0) is 24.6. The second kappa shape index (κ2) is 9.11. The lowest BCUT2D eigenvalue weighted by atomic mass is 9.69. The molecule has 1 aliphatic carbocycles. The molecule has 33 heavy (non-hydrogen) atoms. The Balaban J connectivity index is 1.80. The molecule has 3 atom stereocenters. The Kier molecular flexibility index (Phi) is 6.81. The van der Waals surface area contributed by atoms with E-state index in [-0.39, 0.29) is 25.7 Å². The zero-order valence-electron chi connectivity index (χ0n) is 18.1. The third-order valence-corrected chi connectivity index (χ3v) is 6.53. The van der Waals surface area contributed by atoms with Crippen molar-refractivity contribution in [2.45, 2.75) is 51.2 Å². The smallest absolute Gasteiger partial charge is 0.391 e. The second-order valence-corrected chi connectivity index (χ2v) is 8.69. The normalized spacial score (nSPS) is 23.2. The molecular weight excluding hydrogens is 445 g/mol. The van der Waals surface area contributed by atoms with E-state index < -0.39 is 47.1 Å². The van der Waals surface area contributed by atoms with E-state index >= 15 is 0 Å². The van der Waals surface area contributed by atoms with Gasteiger partial charge in [0.15, 0.2) is 11.6 Å². The van der Waals surface area contributed by atoms with Crippen molar-refractivity contribution in [1.82, 2.24) is 5.32 Å². The molecule has 3 rings (SSSR count). The lowest BCUT2D eigenvalue weighted by Gasteiger charge is -2.43. The van der Waals surface area contributed by atoms with Crippen LogP contribution in [0.3, 0.4) is 0 Å². The molecule has 1 saturated carbocycles. The fourth-order valence-electron chi connectivity index (χ4n) is 4.43. The van der Waals surface area contributed by atoms with Gasteiger partial charge in [-0.25, -0.2) is 13.6 Å². The largest absolute Gasteiger partial charge is 0.479 e. The highest BCUT2D eigenvalue weighted by atomic mass is 19.4. The van der Waals surface area contributed by atoms with Gasteiger partial charge in [-0.1, -0.05) is 31.2 Å². The summed E-state index contributed by atoms with van der Waals surface area (Å²) >= 11 is 0. The van der Waals surface area contributed by atoms with E-state index in [1.165, 1.54) is 13.0 Å². The molecule has 1 fully saturated rings. The van der Waals surface area contributed by atoms with Gasteiger partial charge < -0.3 is 10.4 Å². The van der Waals surface area contributed by atoms with Crippen LogP contribution in [0, 0.1) is 30.4 Å². The lowest BCUT2D eigenvalue weighted by Crippen LogP contribution is -2.61. The summed E-state index contributed by atoms with van der Waals surface area (Å²) in [6.07, 6.45) is -5.73. The number of hydrogen-bond donors (Lipinski definition) is 2. The number of hydrogen-bond acceptors (Lipinski definition) is 2. The van der Waals surface area contributed by atoms with Gasteiger partial charge >= 0.3 is 12.1 Å². The van der Waals surface area contributed by atoms with E-state index in [0.717, 1.165) is 17.7 Å². The quantitative estimate of drug-likeness (QED) is 0.575. The first-order valence-electron chi connectivity index (χ1n) is 10.5. The topological polar surface area (TPSA) is 66.4 Å². The van der Waals surface area contributed by atoms with Crippen LogP contribution in [0.1, 0.15) is 37.3 Å². The molecule has 9 heteroatoms. The first kappa shape index (κ1) is 24.7. The summed E-state index contributed by atoms with van der Waals surface area (Å²) in [5.74, 6) is -6.53. The number of halogens is 5. The fraction of sp³-hybridized carbons (Fsp3) is 0.417. The Morgan fingerprint density at radius 1 is 1.09 bits per heavy atom. The van der Waals surface area contributed by atoms with E-state index in [1.807, 2.05) is 0 Å². The number of aryl methyl sites for hydroxylation is 1. The standard InChI is InChI=1S/C24H24F5NO3/c1-13-3-4-15(16-5-6-19(25)20(26)11-16)10-17(13)12-21(31)30-23(22(32)33)8-7-18(9-14(23)2)24(27,28)29/h3-6,10-11,14,18H,7-9,12H2,1-2H3,(H,30,31)(H,32,33)/t14-,18?,23-/m0/s1. The molecule has 0 aromatic heterocycles. The van der Waals surface area contributed by atoms with Crippen LogP contribution in [0.5, 0.6) is 0 Å². The number of alkyl halides is 3. The molecule has 0 bridgehead atoms. The molecule has 0 spiro atoms. The van der Waals surface area contributed by atoms with E-state index in [2.05, 4.69) is 5.32 Å². The van der Waals surface area contributed by atoms with Crippen molar-refractivity contribution in [3.8, 4) is 11.1 Å². The number of aliphatic carboxylic acids is 1. The molecular formula is C24H24F5NO3. The maximum absolute atomic E-state index is 13.6. The molecule has 0 radical (unpaired) electrons. The van der Waals surface area contributed by atoms with Crippen molar-refractivity contribution in [2.24, 2.45) is 11.8 Å². The number of carboxylic acids is 1. The predicted octanol–water partition coefficient (Wildman–Crippen LogP) is 5.42. The number of carbonyl (C=O) groups excluding carboxylic acids is 1. The summed E-state index contributed by atoms with van der Waals surface area (Å²) in [5.41, 5.74) is 0.400. The van der Waals surface area contributed by atoms with Crippen molar-refractivity contribution >= 4 is 11.9 Å². The van der Waals surface area contributed by atoms with Gasteiger partial charge in [0, 0.05) is 0 Å². The first-order chi connectivity index (χ1) is 15.3. The average Bonchev–Trinajstić information content (AvgIpc) is 2.72. The molecule has 0 saturated heterocycles. The van der Waals surface area contributed by atoms with Crippen LogP contribution in [0.25, 0.3) is 11.1 Å². The van der Waals surface area contributed by atoms with Crippen molar-refractivity contribution in [3.05, 3.63) is 59.2 Å². The molecule has 1 aliphatic rings. The molecule has 4 nitrogen and oxygen atoms in total.